The zero-order chi connectivity index (χ0) is 47.2. The first-order valence-electron chi connectivity index (χ1n) is 24.2. The van der Waals surface area contributed by atoms with Gasteiger partial charge in [-0.15, -0.1) is 0 Å². The summed E-state index contributed by atoms with van der Waals surface area (Å²) >= 11 is 0. The molecule has 352 valence electrons. The summed E-state index contributed by atoms with van der Waals surface area (Å²) in [5.74, 6) is 0.356. The molecule has 0 aliphatic heterocycles. The molecule has 0 spiro atoms. The Balaban J connectivity index is 2.32. The Kier molecular flexibility index (Phi) is 30.1. The van der Waals surface area contributed by atoms with E-state index in [4.69, 9.17) is 9.47 Å². The predicted molar refractivity (Wildman–Crippen MR) is 278 cm³/mol. The number of rotatable bonds is 31. The van der Waals surface area contributed by atoms with Crippen molar-refractivity contribution in [3.05, 3.63) is 128 Å². The molecule has 0 fully saturated rings. The normalized spacial score (nSPS) is 14.2. The van der Waals surface area contributed by atoms with Crippen molar-refractivity contribution in [1.82, 2.24) is 0 Å². The second-order valence-electron chi connectivity index (χ2n) is 18.7. The molecule has 2 N–H and O–H groups in total. The minimum absolute atomic E-state index is 0.00634. The largest absolute Gasteiger partial charge is 0.504 e. The topological polar surface area (TPSA) is 58.9 Å². The van der Waals surface area contributed by atoms with Gasteiger partial charge < -0.3 is 19.7 Å². The van der Waals surface area contributed by atoms with E-state index in [2.05, 4.69) is 137 Å². The molecule has 0 unspecified atom stereocenters. The van der Waals surface area contributed by atoms with Crippen LogP contribution in [0.25, 0.3) is 0 Å². The third-order valence-electron chi connectivity index (χ3n) is 12.1. The number of phenols is 2. The third kappa shape index (κ3) is 26.3. The first-order valence-corrected chi connectivity index (χ1v) is 24.2. The van der Waals surface area contributed by atoms with Crippen LogP contribution in [0.5, 0.6) is 23.0 Å². The van der Waals surface area contributed by atoms with Gasteiger partial charge >= 0.3 is 0 Å². The van der Waals surface area contributed by atoms with Gasteiger partial charge in [-0.3, -0.25) is 0 Å². The fourth-order valence-electron chi connectivity index (χ4n) is 7.62. The SMILES string of the molecule is COc1c(O)c(C)c(C/C=C(\C)CC/C=C(/C)CC/C=C(/C)CC/C=C(\C)CC/C=C(/C)CC/C=C(\C)CC/C=C(\C)CC/C=C(\C)CC/C=C(/C)CCC=C(C)C)c(O)c1OC. The van der Waals surface area contributed by atoms with Gasteiger partial charge in [0.1, 0.15) is 0 Å². The molecule has 0 saturated carbocycles. The van der Waals surface area contributed by atoms with Crippen LogP contribution in [0.3, 0.4) is 0 Å². The van der Waals surface area contributed by atoms with Crippen LogP contribution in [0.15, 0.2) is 116 Å². The Hall–Kier alpha value is -4.18. The van der Waals surface area contributed by atoms with E-state index in [1.807, 2.05) is 0 Å². The molecule has 4 heteroatoms. The average Bonchev–Trinajstić information content (AvgIpc) is 3.21. The van der Waals surface area contributed by atoms with Crippen molar-refractivity contribution in [2.24, 2.45) is 0 Å². The second-order valence-corrected chi connectivity index (χ2v) is 18.7. The van der Waals surface area contributed by atoms with Crippen LogP contribution >= 0.6 is 0 Å². The first kappa shape index (κ1) is 56.8. The van der Waals surface area contributed by atoms with E-state index < -0.39 is 0 Å². The summed E-state index contributed by atoms with van der Waals surface area (Å²) in [6, 6.07) is 0. The smallest absolute Gasteiger partial charge is 0.207 e. The van der Waals surface area contributed by atoms with Crippen LogP contribution in [0, 0.1) is 6.92 Å². The Labute approximate surface area is 388 Å². The van der Waals surface area contributed by atoms with Crippen LogP contribution in [-0.2, 0) is 6.42 Å². The highest BCUT2D eigenvalue weighted by Crippen LogP contribution is 2.48. The van der Waals surface area contributed by atoms with E-state index in [1.165, 1.54) is 89.2 Å². The molecule has 4 nitrogen and oxygen atoms in total. The highest BCUT2D eigenvalue weighted by atomic mass is 16.5. The molecule has 1 rings (SSSR count). The van der Waals surface area contributed by atoms with Crippen molar-refractivity contribution < 1.29 is 19.7 Å². The van der Waals surface area contributed by atoms with Gasteiger partial charge in [-0.05, 0) is 205 Å². The number of hydrogen-bond donors (Lipinski definition) is 2. The fraction of sp³-hybridized carbons (Fsp3) is 0.559. The Morgan fingerprint density at radius 1 is 0.349 bits per heavy atom. The number of methoxy groups -OCH3 is 2. The lowest BCUT2D eigenvalue weighted by atomic mass is 9.99. The van der Waals surface area contributed by atoms with Crippen LogP contribution in [-0.4, -0.2) is 24.4 Å². The lowest BCUT2D eigenvalue weighted by Crippen LogP contribution is -1.98. The zero-order valence-electron chi connectivity index (χ0n) is 42.9. The lowest BCUT2D eigenvalue weighted by molar-refractivity contribution is 0.314. The summed E-state index contributed by atoms with van der Waals surface area (Å²) in [5.41, 5.74) is 15.9. The van der Waals surface area contributed by atoms with Gasteiger partial charge in [-0.1, -0.05) is 116 Å². The summed E-state index contributed by atoms with van der Waals surface area (Å²) in [6.07, 6.45) is 44.6. The standard InChI is InChI=1S/C59H92O4/c1-44(2)24-15-25-45(3)26-16-27-46(4)28-17-29-47(5)30-18-31-48(6)32-19-33-49(7)34-20-35-50(8)36-21-37-51(9)38-22-39-52(10)40-23-41-53(11)42-43-55-54(12)56(60)58(62-13)59(63-14)57(55)61/h24,26,28,30,32,34,36,38,40,42,60-61H,15-23,25,27,29,31,33,35,37,39,41,43H2,1-14H3/b45-26-,46-28+,47-30+,48-32+,49-34-,50-36+,51-38-,52-40-,53-42+. The molecule has 0 amide bonds. The van der Waals surface area contributed by atoms with Crippen LogP contribution in [0.4, 0.5) is 0 Å². The van der Waals surface area contributed by atoms with E-state index in [0.717, 1.165) is 96.3 Å². The highest BCUT2D eigenvalue weighted by Gasteiger charge is 2.22. The summed E-state index contributed by atoms with van der Waals surface area (Å²) in [5, 5.41) is 21.3. The molecule has 1 aromatic rings. The van der Waals surface area contributed by atoms with Crippen molar-refractivity contribution in [3.8, 4) is 23.0 Å². The van der Waals surface area contributed by atoms with E-state index in [0.29, 0.717) is 17.5 Å². The number of hydrogen-bond acceptors (Lipinski definition) is 4. The number of phenolic OH excluding ortho intramolecular Hbond substituents is 2. The van der Waals surface area contributed by atoms with Gasteiger partial charge in [0.05, 0.1) is 14.2 Å². The molecule has 0 saturated heterocycles. The highest BCUT2D eigenvalue weighted by molar-refractivity contribution is 5.66. The Morgan fingerprint density at radius 3 is 0.810 bits per heavy atom. The lowest BCUT2D eigenvalue weighted by Gasteiger charge is -2.17. The maximum absolute atomic E-state index is 10.7. The summed E-state index contributed by atoms with van der Waals surface area (Å²) < 4.78 is 10.5. The van der Waals surface area contributed by atoms with Crippen molar-refractivity contribution in [2.75, 3.05) is 14.2 Å². The average molecular weight is 865 g/mol. The van der Waals surface area contributed by atoms with Gasteiger partial charge in [0.25, 0.3) is 0 Å². The Morgan fingerprint density at radius 2 is 0.571 bits per heavy atom. The molecular weight excluding hydrogens is 773 g/mol. The van der Waals surface area contributed by atoms with Gasteiger partial charge in [0, 0.05) is 11.1 Å². The van der Waals surface area contributed by atoms with Crippen LogP contribution < -0.4 is 9.47 Å². The third-order valence-corrected chi connectivity index (χ3v) is 12.1. The van der Waals surface area contributed by atoms with Gasteiger partial charge in [0.15, 0.2) is 11.5 Å². The maximum Gasteiger partial charge on any atom is 0.207 e. The minimum atomic E-state index is 0.00634. The molecule has 0 aliphatic rings. The second kappa shape index (κ2) is 33.3. The molecule has 0 radical (unpaired) electrons. The van der Waals surface area contributed by atoms with Gasteiger partial charge in [-0.2, -0.15) is 0 Å². The van der Waals surface area contributed by atoms with Gasteiger partial charge in [0.2, 0.25) is 11.5 Å². The van der Waals surface area contributed by atoms with E-state index >= 15 is 0 Å². The molecule has 0 aliphatic carbocycles. The molecule has 0 heterocycles. The summed E-state index contributed by atoms with van der Waals surface area (Å²) in [6.45, 7) is 26.5. The number of aromatic hydroxyl groups is 2. The molecule has 0 atom stereocenters. The van der Waals surface area contributed by atoms with E-state index in [1.54, 1.807) is 6.92 Å². The van der Waals surface area contributed by atoms with Gasteiger partial charge in [-0.25, -0.2) is 0 Å². The van der Waals surface area contributed by atoms with Crippen molar-refractivity contribution in [3.63, 3.8) is 0 Å². The fourth-order valence-corrected chi connectivity index (χ4v) is 7.62. The molecular formula is C59H92O4. The van der Waals surface area contributed by atoms with Crippen molar-refractivity contribution >= 4 is 0 Å². The zero-order valence-corrected chi connectivity index (χ0v) is 42.9. The van der Waals surface area contributed by atoms with Crippen molar-refractivity contribution in [1.29, 1.82) is 0 Å². The maximum atomic E-state index is 10.7. The molecule has 63 heavy (non-hydrogen) atoms. The molecule has 0 bridgehead atoms. The molecule has 0 aromatic heterocycles. The van der Waals surface area contributed by atoms with Crippen LogP contribution in [0.1, 0.15) is 203 Å². The number of allylic oxidation sites excluding steroid dienone is 20. The quantitative estimate of drug-likeness (QED) is 0.0577. The monoisotopic (exact) mass is 865 g/mol. The van der Waals surface area contributed by atoms with E-state index in [-0.39, 0.29) is 23.0 Å². The summed E-state index contributed by atoms with van der Waals surface area (Å²) in [4.78, 5) is 0. The predicted octanol–water partition coefficient (Wildman–Crippen LogP) is 18.5. The van der Waals surface area contributed by atoms with E-state index in [9.17, 15) is 10.2 Å². The molecule has 1 aromatic carbocycles. The number of benzene rings is 1. The summed E-state index contributed by atoms with van der Waals surface area (Å²) in [7, 11) is 2.91. The Bertz CT molecular complexity index is 1840. The first-order chi connectivity index (χ1) is 30.0. The number of ether oxygens (including phenoxy) is 2. The van der Waals surface area contributed by atoms with Crippen LogP contribution in [0.2, 0.25) is 0 Å². The minimum Gasteiger partial charge on any atom is -0.504 e. The van der Waals surface area contributed by atoms with Crippen molar-refractivity contribution in [2.45, 2.75) is 205 Å².